The fraction of sp³-hybridized carbons (Fsp3) is 0.308. The van der Waals surface area contributed by atoms with Crippen LogP contribution < -0.4 is 15.8 Å². The Balaban J connectivity index is 2.24. The molecule has 1 amide bonds. The molecule has 2 aromatic rings. The number of unbranched alkanes of at least 4 members (excludes halogenated alkanes) is 1. The van der Waals surface area contributed by atoms with E-state index in [0.29, 0.717) is 6.54 Å². The molecule has 0 saturated heterocycles. The quantitative estimate of drug-likeness (QED) is 0.640. The highest BCUT2D eigenvalue weighted by Crippen LogP contribution is 2.38. The smallest absolute Gasteiger partial charge is 0.398 e. The van der Waals surface area contributed by atoms with Gasteiger partial charge in [-0.05, 0) is 18.6 Å². The Hall–Kier alpha value is -1.93. The molecule has 1 aromatic heterocycles. The summed E-state index contributed by atoms with van der Waals surface area (Å²) in [5.41, 5.74) is 5.87. The van der Waals surface area contributed by atoms with E-state index in [-0.39, 0.29) is 27.8 Å². The molecule has 1 aromatic carbocycles. The monoisotopic (exact) mass is 344 g/mol. The molecular formula is C13H14ClFN4O2S. The van der Waals surface area contributed by atoms with Crippen LogP contribution in [0, 0.1) is 5.82 Å². The first-order valence-corrected chi connectivity index (χ1v) is 7.67. The van der Waals surface area contributed by atoms with E-state index in [1.807, 2.05) is 6.92 Å². The summed E-state index contributed by atoms with van der Waals surface area (Å²) in [5.74, 6) is -0.728. The average molecular weight is 345 g/mol. The van der Waals surface area contributed by atoms with Crippen molar-refractivity contribution in [1.29, 1.82) is 0 Å². The van der Waals surface area contributed by atoms with Gasteiger partial charge in [-0.1, -0.05) is 24.9 Å². The Labute approximate surface area is 135 Å². The van der Waals surface area contributed by atoms with Gasteiger partial charge in [-0.15, -0.1) is 4.37 Å². The number of nitrogens with two attached hydrogens (primary N) is 1. The number of nitrogens with zero attached hydrogens (tertiary/aromatic N) is 2. The molecule has 0 bridgehead atoms. The second-order valence-corrected chi connectivity index (χ2v) is 5.32. The van der Waals surface area contributed by atoms with Crippen molar-refractivity contribution in [2.75, 3.05) is 12.3 Å². The fourth-order valence-corrected chi connectivity index (χ4v) is 2.41. The Kier molecular flexibility index (Phi) is 5.51. The first-order chi connectivity index (χ1) is 10.5. The molecule has 22 heavy (non-hydrogen) atoms. The van der Waals surface area contributed by atoms with E-state index >= 15 is 0 Å². The van der Waals surface area contributed by atoms with Crippen LogP contribution in [0.4, 0.5) is 14.9 Å². The molecule has 0 saturated carbocycles. The van der Waals surface area contributed by atoms with E-state index in [2.05, 4.69) is 14.1 Å². The van der Waals surface area contributed by atoms with Crippen LogP contribution in [0.2, 0.25) is 5.02 Å². The summed E-state index contributed by atoms with van der Waals surface area (Å²) in [6.45, 7) is 2.48. The van der Waals surface area contributed by atoms with Crippen molar-refractivity contribution in [3.8, 4) is 17.1 Å². The highest BCUT2D eigenvalue weighted by Gasteiger charge is 2.22. The highest BCUT2D eigenvalue weighted by molar-refractivity contribution is 6.99. The first kappa shape index (κ1) is 16.4. The van der Waals surface area contributed by atoms with E-state index in [4.69, 9.17) is 22.1 Å². The molecule has 118 valence electrons. The summed E-state index contributed by atoms with van der Waals surface area (Å²) in [4.78, 5) is 11.7. The minimum absolute atomic E-state index is 0.00365. The van der Waals surface area contributed by atoms with Crippen molar-refractivity contribution in [1.82, 2.24) is 14.1 Å². The number of hydrogen-bond donors (Lipinski definition) is 2. The predicted octanol–water partition coefficient (Wildman–Crippen LogP) is 3.47. The first-order valence-electron chi connectivity index (χ1n) is 6.56. The van der Waals surface area contributed by atoms with E-state index in [9.17, 15) is 9.18 Å². The largest absolute Gasteiger partial charge is 0.414 e. The minimum atomic E-state index is -0.678. The lowest BCUT2D eigenvalue weighted by molar-refractivity contribution is 0.199. The number of aromatic nitrogens is 2. The molecule has 0 unspecified atom stereocenters. The van der Waals surface area contributed by atoms with E-state index < -0.39 is 11.9 Å². The lowest BCUT2D eigenvalue weighted by Gasteiger charge is -2.08. The topological polar surface area (TPSA) is 90.1 Å². The molecule has 0 radical (unpaired) electrons. The van der Waals surface area contributed by atoms with Gasteiger partial charge in [0.1, 0.15) is 5.82 Å². The Morgan fingerprint density at radius 2 is 2.27 bits per heavy atom. The third kappa shape index (κ3) is 3.63. The van der Waals surface area contributed by atoms with Crippen LogP contribution in [0.5, 0.6) is 5.88 Å². The Bertz CT molecular complexity index is 680. The number of carbonyl (C=O) groups excluding carboxylic acids is 1. The van der Waals surface area contributed by atoms with Crippen LogP contribution in [0.3, 0.4) is 0 Å². The third-order valence-corrected chi connectivity index (χ3v) is 3.72. The van der Waals surface area contributed by atoms with E-state index in [0.717, 1.165) is 24.6 Å². The zero-order valence-electron chi connectivity index (χ0n) is 11.7. The number of ether oxygens (including phenoxy) is 1. The van der Waals surface area contributed by atoms with Gasteiger partial charge < -0.3 is 15.8 Å². The van der Waals surface area contributed by atoms with Gasteiger partial charge in [-0.25, -0.2) is 9.18 Å². The second kappa shape index (κ2) is 7.37. The molecule has 6 nitrogen and oxygen atoms in total. The molecule has 1 heterocycles. The average Bonchev–Trinajstić information content (AvgIpc) is 2.92. The molecular weight excluding hydrogens is 331 g/mol. The molecule has 0 fully saturated rings. The van der Waals surface area contributed by atoms with Crippen molar-refractivity contribution in [2.24, 2.45) is 0 Å². The van der Waals surface area contributed by atoms with Crippen molar-refractivity contribution in [3.05, 3.63) is 23.0 Å². The highest BCUT2D eigenvalue weighted by atomic mass is 35.5. The number of nitrogens with one attached hydrogen (secondary N) is 1. The molecule has 2 rings (SSSR count). The molecule has 0 aliphatic carbocycles. The number of nitrogen functional groups attached to an aromatic ring is 1. The van der Waals surface area contributed by atoms with Crippen LogP contribution in [-0.2, 0) is 0 Å². The summed E-state index contributed by atoms with van der Waals surface area (Å²) >= 11 is 6.80. The summed E-state index contributed by atoms with van der Waals surface area (Å²) in [7, 11) is 0. The molecule has 0 atom stereocenters. The van der Waals surface area contributed by atoms with Gasteiger partial charge in [0.2, 0.25) is 0 Å². The summed E-state index contributed by atoms with van der Waals surface area (Å²) < 4.78 is 26.9. The van der Waals surface area contributed by atoms with Gasteiger partial charge in [0, 0.05) is 6.54 Å². The zero-order chi connectivity index (χ0) is 16.1. The standard InChI is InChI=1S/C13H14ClFN4O2S/c1-2-3-6-17-13(20)21-12-11(18-22-19-12)9-7(15)4-5-8(16)10(9)14/h4-5H,2-3,6,16H2,1H3,(H,17,20). The SMILES string of the molecule is CCCCNC(=O)Oc1nsnc1-c1c(F)ccc(N)c1Cl. The lowest BCUT2D eigenvalue weighted by atomic mass is 10.1. The number of anilines is 1. The van der Waals surface area contributed by atoms with Crippen LogP contribution in [-0.4, -0.2) is 21.4 Å². The van der Waals surface area contributed by atoms with E-state index in [1.54, 1.807) is 0 Å². The van der Waals surface area contributed by atoms with Crippen molar-refractivity contribution < 1.29 is 13.9 Å². The van der Waals surface area contributed by atoms with Gasteiger partial charge >= 0.3 is 6.09 Å². The maximum atomic E-state index is 14.0. The molecule has 9 heteroatoms. The summed E-state index contributed by atoms with van der Waals surface area (Å²) in [5, 5.41) is 2.57. The number of halogens is 2. The zero-order valence-corrected chi connectivity index (χ0v) is 13.3. The number of amides is 1. The molecule has 0 aliphatic heterocycles. The number of rotatable bonds is 5. The van der Waals surface area contributed by atoms with Crippen molar-refractivity contribution in [3.63, 3.8) is 0 Å². The third-order valence-electron chi connectivity index (χ3n) is 2.81. The van der Waals surface area contributed by atoms with Crippen molar-refractivity contribution >= 4 is 35.1 Å². The van der Waals surface area contributed by atoms with Gasteiger partial charge in [0.25, 0.3) is 5.88 Å². The molecule has 3 N–H and O–H groups in total. The van der Waals surface area contributed by atoms with Crippen LogP contribution in [0.15, 0.2) is 12.1 Å². The van der Waals surface area contributed by atoms with Gasteiger partial charge in [0.15, 0.2) is 5.69 Å². The van der Waals surface area contributed by atoms with Crippen LogP contribution in [0.1, 0.15) is 19.8 Å². The maximum Gasteiger partial charge on any atom is 0.414 e. The summed E-state index contributed by atoms with van der Waals surface area (Å²) in [6, 6.07) is 2.51. The lowest BCUT2D eigenvalue weighted by Crippen LogP contribution is -2.27. The van der Waals surface area contributed by atoms with Gasteiger partial charge in [-0.2, -0.15) is 4.37 Å². The second-order valence-electron chi connectivity index (χ2n) is 4.41. The van der Waals surface area contributed by atoms with Crippen molar-refractivity contribution in [2.45, 2.75) is 19.8 Å². The number of benzene rings is 1. The maximum absolute atomic E-state index is 14.0. The van der Waals surface area contributed by atoms with Gasteiger partial charge in [-0.3, -0.25) is 0 Å². The Morgan fingerprint density at radius 1 is 1.50 bits per heavy atom. The van der Waals surface area contributed by atoms with Crippen LogP contribution >= 0.6 is 23.3 Å². The normalized spacial score (nSPS) is 10.5. The predicted molar refractivity (Wildman–Crippen MR) is 83.7 cm³/mol. The van der Waals surface area contributed by atoms with Crippen LogP contribution in [0.25, 0.3) is 11.3 Å². The number of carbonyl (C=O) groups is 1. The minimum Gasteiger partial charge on any atom is -0.398 e. The number of hydrogen-bond acceptors (Lipinski definition) is 6. The summed E-state index contributed by atoms with van der Waals surface area (Å²) in [6.07, 6.45) is 1.09. The Morgan fingerprint density at radius 3 is 3.00 bits per heavy atom. The fourth-order valence-electron chi connectivity index (χ4n) is 1.68. The van der Waals surface area contributed by atoms with Gasteiger partial charge in [0.05, 0.1) is 28.0 Å². The molecule has 0 aliphatic rings. The molecule has 0 spiro atoms. The van der Waals surface area contributed by atoms with E-state index in [1.165, 1.54) is 12.1 Å².